The fourth-order valence-electron chi connectivity index (χ4n) is 1.55. The minimum atomic E-state index is 0.654. The van der Waals surface area contributed by atoms with Crippen LogP contribution < -0.4 is 0 Å². The summed E-state index contributed by atoms with van der Waals surface area (Å²) in [4.78, 5) is 0. The van der Waals surface area contributed by atoms with E-state index < -0.39 is 0 Å². The Balaban J connectivity index is 3.12. The first-order chi connectivity index (χ1) is 9.91. The molecule has 20 heavy (non-hydrogen) atoms. The number of allylic oxidation sites excluding steroid dienone is 4. The summed E-state index contributed by atoms with van der Waals surface area (Å²) in [6.45, 7) is 10.1. The van der Waals surface area contributed by atoms with Gasteiger partial charge in [-0.05, 0) is 38.5 Å². The lowest BCUT2D eigenvalue weighted by Gasteiger charge is -2.01. The van der Waals surface area contributed by atoms with E-state index in [1.807, 2.05) is 12.2 Å². The highest BCUT2D eigenvalue weighted by atomic mass is 16.5. The van der Waals surface area contributed by atoms with Crippen LogP contribution in [0.1, 0.15) is 38.5 Å². The van der Waals surface area contributed by atoms with Crippen LogP contribution in [0.2, 0.25) is 0 Å². The van der Waals surface area contributed by atoms with E-state index >= 15 is 0 Å². The van der Waals surface area contributed by atoms with Gasteiger partial charge in [0.25, 0.3) is 0 Å². The van der Waals surface area contributed by atoms with Crippen LogP contribution >= 0.6 is 0 Å². The maximum Gasteiger partial charge on any atom is 0.0704 e. The molecule has 0 unspecified atom stereocenters. The molecule has 0 bridgehead atoms. The van der Waals surface area contributed by atoms with Gasteiger partial charge in [-0.1, -0.05) is 36.5 Å². The zero-order valence-corrected chi connectivity index (χ0v) is 12.8. The molecule has 0 heterocycles. The molecular formula is C18H30O2. The largest absolute Gasteiger partial charge is 0.375 e. The van der Waals surface area contributed by atoms with Crippen molar-refractivity contribution >= 4 is 0 Å². The van der Waals surface area contributed by atoms with Gasteiger partial charge in [-0.15, -0.1) is 13.2 Å². The monoisotopic (exact) mass is 278 g/mol. The van der Waals surface area contributed by atoms with Gasteiger partial charge in [-0.2, -0.15) is 0 Å². The molecule has 2 nitrogen and oxygen atoms in total. The van der Waals surface area contributed by atoms with Gasteiger partial charge < -0.3 is 9.47 Å². The fourth-order valence-corrected chi connectivity index (χ4v) is 1.55. The highest BCUT2D eigenvalue weighted by Gasteiger charge is 1.86. The molecule has 0 N–H and O–H groups in total. The Labute approximate surface area is 124 Å². The van der Waals surface area contributed by atoms with E-state index in [-0.39, 0.29) is 0 Å². The van der Waals surface area contributed by atoms with Gasteiger partial charge in [0, 0.05) is 0 Å². The molecule has 0 aromatic heterocycles. The summed E-state index contributed by atoms with van der Waals surface area (Å²) in [6.07, 6.45) is 19.1. The van der Waals surface area contributed by atoms with Gasteiger partial charge >= 0.3 is 0 Å². The second kappa shape index (κ2) is 17.9. The molecule has 0 aliphatic carbocycles. The van der Waals surface area contributed by atoms with E-state index in [0.717, 1.165) is 25.7 Å². The zero-order valence-electron chi connectivity index (χ0n) is 12.8. The fraction of sp³-hybridized carbons (Fsp3) is 0.556. The highest BCUT2D eigenvalue weighted by molar-refractivity contribution is 4.83. The summed E-state index contributed by atoms with van der Waals surface area (Å²) in [5, 5.41) is 0. The Morgan fingerprint density at radius 1 is 0.600 bits per heavy atom. The lowest BCUT2D eigenvalue weighted by atomic mass is 10.2. The van der Waals surface area contributed by atoms with Gasteiger partial charge in [0.05, 0.1) is 26.4 Å². The van der Waals surface area contributed by atoms with Gasteiger partial charge in [0.2, 0.25) is 0 Å². The molecule has 0 aliphatic rings. The van der Waals surface area contributed by atoms with Gasteiger partial charge in [-0.3, -0.25) is 0 Å². The SMILES string of the molecule is C=CCCC/C=C/COCCOC/C=C/CCCC=C. The van der Waals surface area contributed by atoms with Crippen LogP contribution in [0.3, 0.4) is 0 Å². The summed E-state index contributed by atoms with van der Waals surface area (Å²) < 4.78 is 10.9. The van der Waals surface area contributed by atoms with E-state index in [4.69, 9.17) is 9.47 Å². The second-order valence-corrected chi connectivity index (χ2v) is 4.53. The van der Waals surface area contributed by atoms with Crippen molar-refractivity contribution in [2.24, 2.45) is 0 Å². The van der Waals surface area contributed by atoms with Crippen molar-refractivity contribution in [1.29, 1.82) is 0 Å². The molecule has 0 spiro atoms. The quantitative estimate of drug-likeness (QED) is 0.315. The maximum atomic E-state index is 5.43. The number of hydrogen-bond acceptors (Lipinski definition) is 2. The average Bonchev–Trinajstić information content (AvgIpc) is 2.47. The van der Waals surface area contributed by atoms with Crippen LogP contribution in [0.4, 0.5) is 0 Å². The minimum absolute atomic E-state index is 0.654. The second-order valence-electron chi connectivity index (χ2n) is 4.53. The summed E-state index contributed by atoms with van der Waals surface area (Å²) in [5.74, 6) is 0. The topological polar surface area (TPSA) is 18.5 Å². The van der Waals surface area contributed by atoms with Crippen LogP contribution in [-0.4, -0.2) is 26.4 Å². The van der Waals surface area contributed by atoms with Crippen molar-refractivity contribution in [2.75, 3.05) is 26.4 Å². The van der Waals surface area contributed by atoms with Crippen molar-refractivity contribution in [3.8, 4) is 0 Å². The number of hydrogen-bond donors (Lipinski definition) is 0. The molecule has 0 amide bonds. The first-order valence-corrected chi connectivity index (χ1v) is 7.59. The third-order valence-corrected chi connectivity index (χ3v) is 2.69. The molecule has 0 fully saturated rings. The summed E-state index contributed by atoms with van der Waals surface area (Å²) in [5.41, 5.74) is 0. The standard InChI is InChI=1S/C18H30O2/c1-3-5-7-9-11-13-15-19-17-18-20-16-14-12-10-8-6-4-2/h3-4,11-14H,1-2,5-10,15-18H2/b13-11+,14-12+. The normalized spacial score (nSPS) is 11.4. The lowest BCUT2D eigenvalue weighted by molar-refractivity contribution is 0.0707. The predicted octanol–water partition coefficient (Wildman–Crippen LogP) is 4.84. The summed E-state index contributed by atoms with van der Waals surface area (Å²) in [6, 6.07) is 0. The third kappa shape index (κ3) is 16.9. The van der Waals surface area contributed by atoms with Crippen LogP contribution in [0.15, 0.2) is 49.6 Å². The van der Waals surface area contributed by atoms with Crippen LogP contribution in [-0.2, 0) is 9.47 Å². The number of rotatable bonds is 15. The first-order valence-electron chi connectivity index (χ1n) is 7.59. The van der Waals surface area contributed by atoms with Crippen molar-refractivity contribution in [3.63, 3.8) is 0 Å². The van der Waals surface area contributed by atoms with Crippen molar-refractivity contribution < 1.29 is 9.47 Å². The van der Waals surface area contributed by atoms with Crippen molar-refractivity contribution in [3.05, 3.63) is 49.6 Å². The molecule has 0 radical (unpaired) electrons. The molecule has 114 valence electrons. The molecule has 0 aromatic carbocycles. The Morgan fingerprint density at radius 3 is 1.45 bits per heavy atom. The highest BCUT2D eigenvalue weighted by Crippen LogP contribution is 1.97. The molecule has 2 heteroatoms. The predicted molar refractivity (Wildman–Crippen MR) is 88.0 cm³/mol. The van der Waals surface area contributed by atoms with Gasteiger partial charge in [-0.25, -0.2) is 0 Å². The Kier molecular flexibility index (Phi) is 16.9. The number of unbranched alkanes of at least 4 members (excludes halogenated alkanes) is 4. The third-order valence-electron chi connectivity index (χ3n) is 2.69. The van der Waals surface area contributed by atoms with Crippen molar-refractivity contribution in [1.82, 2.24) is 0 Å². The van der Waals surface area contributed by atoms with E-state index in [2.05, 4.69) is 37.5 Å². The Morgan fingerprint density at radius 2 is 1.05 bits per heavy atom. The Bertz CT molecular complexity index is 239. The molecular weight excluding hydrogens is 248 g/mol. The average molecular weight is 278 g/mol. The minimum Gasteiger partial charge on any atom is -0.375 e. The Hall–Kier alpha value is -1.12. The van der Waals surface area contributed by atoms with Gasteiger partial charge in [0.1, 0.15) is 0 Å². The molecule has 0 atom stereocenters. The molecule has 0 aliphatic heterocycles. The smallest absolute Gasteiger partial charge is 0.0704 e. The first kappa shape index (κ1) is 18.9. The summed E-state index contributed by atoms with van der Waals surface area (Å²) >= 11 is 0. The van der Waals surface area contributed by atoms with E-state index in [1.165, 1.54) is 12.8 Å². The van der Waals surface area contributed by atoms with Crippen LogP contribution in [0.25, 0.3) is 0 Å². The molecule has 0 rings (SSSR count). The van der Waals surface area contributed by atoms with E-state index in [1.54, 1.807) is 0 Å². The van der Waals surface area contributed by atoms with E-state index in [9.17, 15) is 0 Å². The molecule has 0 saturated carbocycles. The number of ether oxygens (including phenoxy) is 2. The molecule has 0 saturated heterocycles. The lowest BCUT2D eigenvalue weighted by Crippen LogP contribution is -2.04. The maximum absolute atomic E-state index is 5.43. The van der Waals surface area contributed by atoms with Gasteiger partial charge in [0.15, 0.2) is 0 Å². The van der Waals surface area contributed by atoms with E-state index in [0.29, 0.717) is 26.4 Å². The zero-order chi connectivity index (χ0) is 14.7. The van der Waals surface area contributed by atoms with Crippen molar-refractivity contribution in [2.45, 2.75) is 38.5 Å². The molecule has 0 aromatic rings. The summed E-state index contributed by atoms with van der Waals surface area (Å²) in [7, 11) is 0. The van der Waals surface area contributed by atoms with Crippen LogP contribution in [0, 0.1) is 0 Å². The van der Waals surface area contributed by atoms with Crippen LogP contribution in [0.5, 0.6) is 0 Å².